The SMILES string of the molecule is COc1ccc([C@@H]2[C@@H](C(=O)N3CCOC3=O)NC(=S)N2S(=O)(=O)c2ccc(C)cc2)cc1. The molecule has 2 aliphatic rings. The lowest BCUT2D eigenvalue weighted by Crippen LogP contribution is -2.47. The number of thiocarbonyl (C=S) groups is 1. The zero-order valence-corrected chi connectivity index (χ0v) is 19.0. The van der Waals surface area contributed by atoms with Crippen LogP contribution in [0.4, 0.5) is 4.79 Å². The van der Waals surface area contributed by atoms with Crippen molar-refractivity contribution < 1.29 is 27.5 Å². The third kappa shape index (κ3) is 3.78. The molecule has 2 aromatic carbocycles. The molecule has 2 heterocycles. The molecule has 11 heteroatoms. The molecule has 168 valence electrons. The molecule has 4 rings (SSSR count). The molecule has 0 bridgehead atoms. The van der Waals surface area contributed by atoms with Crippen LogP contribution in [0.25, 0.3) is 0 Å². The normalized spacial score (nSPS) is 20.8. The quantitative estimate of drug-likeness (QED) is 0.655. The minimum Gasteiger partial charge on any atom is -0.497 e. The molecule has 9 nitrogen and oxygen atoms in total. The number of aryl methyl sites for hydroxylation is 1. The molecule has 2 aliphatic heterocycles. The Morgan fingerprint density at radius 2 is 1.81 bits per heavy atom. The lowest BCUT2D eigenvalue weighted by atomic mass is 9.99. The number of carbonyl (C=O) groups excluding carboxylic acids is 2. The summed E-state index contributed by atoms with van der Waals surface area (Å²) in [5.41, 5.74) is 1.41. The summed E-state index contributed by atoms with van der Waals surface area (Å²) in [4.78, 5) is 26.2. The molecule has 32 heavy (non-hydrogen) atoms. The van der Waals surface area contributed by atoms with Crippen LogP contribution < -0.4 is 10.1 Å². The highest BCUT2D eigenvalue weighted by Gasteiger charge is 2.50. The van der Waals surface area contributed by atoms with Crippen LogP contribution in [0.2, 0.25) is 0 Å². The van der Waals surface area contributed by atoms with Crippen LogP contribution in [0.5, 0.6) is 5.75 Å². The number of hydrogen-bond acceptors (Lipinski definition) is 7. The van der Waals surface area contributed by atoms with Crippen LogP contribution in [0.1, 0.15) is 17.2 Å². The Morgan fingerprint density at radius 1 is 1.16 bits per heavy atom. The van der Waals surface area contributed by atoms with E-state index in [1.807, 2.05) is 6.92 Å². The molecule has 0 aliphatic carbocycles. The molecule has 2 aromatic rings. The molecule has 2 saturated heterocycles. The first-order valence-corrected chi connectivity index (χ1v) is 11.6. The number of benzene rings is 2. The first-order valence-electron chi connectivity index (χ1n) is 9.77. The number of cyclic esters (lactones) is 1. The van der Waals surface area contributed by atoms with E-state index in [1.54, 1.807) is 36.4 Å². The van der Waals surface area contributed by atoms with Gasteiger partial charge in [-0.1, -0.05) is 29.8 Å². The van der Waals surface area contributed by atoms with E-state index in [2.05, 4.69) is 5.32 Å². The van der Waals surface area contributed by atoms with E-state index in [4.69, 9.17) is 21.7 Å². The highest BCUT2D eigenvalue weighted by Crippen LogP contribution is 2.36. The van der Waals surface area contributed by atoms with Crippen molar-refractivity contribution in [3.63, 3.8) is 0 Å². The molecule has 0 saturated carbocycles. The van der Waals surface area contributed by atoms with Gasteiger partial charge in [-0.25, -0.2) is 22.4 Å². The van der Waals surface area contributed by atoms with E-state index < -0.39 is 34.1 Å². The van der Waals surface area contributed by atoms with E-state index in [-0.39, 0.29) is 23.2 Å². The summed E-state index contributed by atoms with van der Waals surface area (Å²) in [7, 11) is -2.60. The van der Waals surface area contributed by atoms with E-state index >= 15 is 0 Å². The number of hydrogen-bond donors (Lipinski definition) is 1. The van der Waals surface area contributed by atoms with Crippen molar-refractivity contribution >= 4 is 39.4 Å². The zero-order chi connectivity index (χ0) is 23.0. The number of ether oxygens (including phenoxy) is 2. The van der Waals surface area contributed by atoms with Gasteiger partial charge in [0.2, 0.25) is 0 Å². The molecule has 0 radical (unpaired) electrons. The van der Waals surface area contributed by atoms with Gasteiger partial charge in [-0.2, -0.15) is 0 Å². The van der Waals surface area contributed by atoms with Crippen molar-refractivity contribution in [2.24, 2.45) is 0 Å². The molecule has 2 fully saturated rings. The van der Waals surface area contributed by atoms with Crippen LogP contribution in [0.3, 0.4) is 0 Å². The second-order valence-electron chi connectivity index (χ2n) is 7.36. The topological polar surface area (TPSA) is 105 Å². The monoisotopic (exact) mass is 475 g/mol. The Bertz CT molecular complexity index is 1170. The summed E-state index contributed by atoms with van der Waals surface area (Å²) in [6.45, 7) is 2.02. The van der Waals surface area contributed by atoms with Gasteiger partial charge in [-0.15, -0.1) is 0 Å². The van der Waals surface area contributed by atoms with Gasteiger partial charge in [0.05, 0.1) is 18.6 Å². The fourth-order valence-corrected chi connectivity index (χ4v) is 5.76. The summed E-state index contributed by atoms with van der Waals surface area (Å²) in [5.74, 6) is -0.0431. The summed E-state index contributed by atoms with van der Waals surface area (Å²) in [6.07, 6.45) is -0.768. The van der Waals surface area contributed by atoms with Gasteiger partial charge in [0.25, 0.3) is 15.9 Å². The van der Waals surface area contributed by atoms with Gasteiger partial charge in [0.1, 0.15) is 24.4 Å². The smallest absolute Gasteiger partial charge is 0.416 e. The maximum absolute atomic E-state index is 13.6. The number of carbonyl (C=O) groups is 2. The number of sulfonamides is 1. The van der Waals surface area contributed by atoms with E-state index in [0.717, 1.165) is 14.8 Å². The van der Waals surface area contributed by atoms with Gasteiger partial charge < -0.3 is 14.8 Å². The van der Waals surface area contributed by atoms with Crippen LogP contribution in [-0.4, -0.2) is 61.0 Å². The predicted octanol–water partition coefficient (Wildman–Crippen LogP) is 1.97. The van der Waals surface area contributed by atoms with Gasteiger partial charge in [-0.3, -0.25) is 4.79 Å². The molecule has 2 atom stereocenters. The molecular formula is C21H21N3O6S2. The third-order valence-corrected chi connectivity index (χ3v) is 7.60. The highest BCUT2D eigenvalue weighted by molar-refractivity contribution is 7.91. The Morgan fingerprint density at radius 3 is 2.38 bits per heavy atom. The van der Waals surface area contributed by atoms with Gasteiger partial charge in [-0.05, 0) is 49.0 Å². The maximum Gasteiger partial charge on any atom is 0.416 e. The Kier molecular flexibility index (Phi) is 5.78. The molecule has 0 aromatic heterocycles. The van der Waals surface area contributed by atoms with Crippen molar-refractivity contribution in [3.05, 3.63) is 59.7 Å². The first kappa shape index (κ1) is 22.0. The predicted molar refractivity (Wildman–Crippen MR) is 119 cm³/mol. The fourth-order valence-electron chi connectivity index (χ4n) is 3.71. The van der Waals surface area contributed by atoms with Crippen molar-refractivity contribution in [2.75, 3.05) is 20.3 Å². The maximum atomic E-state index is 13.6. The van der Waals surface area contributed by atoms with Gasteiger partial charge in [0, 0.05) is 0 Å². The Labute approximate surface area is 191 Å². The van der Waals surface area contributed by atoms with Crippen LogP contribution in [0.15, 0.2) is 53.4 Å². The number of nitrogens with zero attached hydrogens (tertiary/aromatic N) is 2. The first-order chi connectivity index (χ1) is 15.2. The van der Waals surface area contributed by atoms with Crippen LogP contribution in [-0.2, 0) is 19.6 Å². The second-order valence-corrected chi connectivity index (χ2v) is 9.56. The molecule has 1 N–H and O–H groups in total. The molecular weight excluding hydrogens is 454 g/mol. The average Bonchev–Trinajstić information content (AvgIpc) is 3.37. The Balaban J connectivity index is 1.80. The minimum atomic E-state index is -4.11. The summed E-state index contributed by atoms with van der Waals surface area (Å²) < 4.78 is 38.2. The van der Waals surface area contributed by atoms with Crippen molar-refractivity contribution in [1.29, 1.82) is 0 Å². The largest absolute Gasteiger partial charge is 0.497 e. The Hall–Kier alpha value is -3.18. The van der Waals surface area contributed by atoms with Gasteiger partial charge in [0.15, 0.2) is 5.11 Å². The van der Waals surface area contributed by atoms with E-state index in [0.29, 0.717) is 11.3 Å². The number of amides is 2. The summed E-state index contributed by atoms with van der Waals surface area (Å²) in [5, 5.41) is 2.69. The lowest BCUT2D eigenvalue weighted by Gasteiger charge is -2.28. The fraction of sp³-hybridized carbons (Fsp3) is 0.286. The number of nitrogens with one attached hydrogen (secondary N) is 1. The van der Waals surface area contributed by atoms with Crippen LogP contribution in [0, 0.1) is 6.92 Å². The number of imide groups is 1. The average molecular weight is 476 g/mol. The number of rotatable bonds is 5. The minimum absolute atomic E-state index is 0.0412. The second kappa shape index (κ2) is 8.40. The van der Waals surface area contributed by atoms with Crippen molar-refractivity contribution in [1.82, 2.24) is 14.5 Å². The van der Waals surface area contributed by atoms with Crippen molar-refractivity contribution in [3.8, 4) is 5.75 Å². The van der Waals surface area contributed by atoms with Crippen LogP contribution >= 0.6 is 12.2 Å². The highest BCUT2D eigenvalue weighted by atomic mass is 32.2. The molecule has 0 spiro atoms. The molecule has 0 unspecified atom stereocenters. The van der Waals surface area contributed by atoms with Crippen molar-refractivity contribution in [2.45, 2.75) is 23.9 Å². The van der Waals surface area contributed by atoms with Gasteiger partial charge >= 0.3 is 6.09 Å². The summed E-state index contributed by atoms with van der Waals surface area (Å²) in [6, 6.07) is 10.9. The van der Waals surface area contributed by atoms with E-state index in [9.17, 15) is 18.0 Å². The summed E-state index contributed by atoms with van der Waals surface area (Å²) >= 11 is 5.36. The standard InChI is InChI=1S/C21H21N3O6S2/c1-13-3-9-16(10-4-13)32(27,28)24-18(14-5-7-15(29-2)8-6-14)17(22-20(24)31)19(25)23-11-12-30-21(23)26/h3-10,17-18H,11-12H2,1-2H3,(H,22,31)/t17-,18+/m0/s1. The zero-order valence-electron chi connectivity index (χ0n) is 17.3. The number of methoxy groups -OCH3 is 1. The third-order valence-electron chi connectivity index (χ3n) is 5.38. The lowest BCUT2D eigenvalue weighted by molar-refractivity contribution is -0.130. The molecule has 2 amide bonds. The van der Waals surface area contributed by atoms with E-state index in [1.165, 1.54) is 19.2 Å².